The van der Waals surface area contributed by atoms with E-state index in [1.165, 1.54) is 5.56 Å². The van der Waals surface area contributed by atoms with Crippen LogP contribution >= 0.6 is 0 Å². The van der Waals surface area contributed by atoms with Gasteiger partial charge in [0.2, 0.25) is 0 Å². The number of rotatable bonds is 6. The van der Waals surface area contributed by atoms with Gasteiger partial charge in [0.1, 0.15) is 0 Å². The maximum absolute atomic E-state index is 12.5. The Balaban J connectivity index is 1.71. The quantitative estimate of drug-likeness (QED) is 0.453. The number of nitrogens with zero attached hydrogens (tertiary/aromatic N) is 1. The molecule has 3 aromatic rings. The number of esters is 1. The zero-order chi connectivity index (χ0) is 19.4. The fourth-order valence-electron chi connectivity index (χ4n) is 3.00. The Morgan fingerprint density at radius 1 is 1.07 bits per heavy atom. The number of hydrogen-bond donors (Lipinski definition) is 0. The third-order valence-corrected chi connectivity index (χ3v) is 4.81. The minimum atomic E-state index is -0.513. The average molecular weight is 361 g/mol. The molecular formula is C23H23NO3. The van der Waals surface area contributed by atoms with Crippen LogP contribution in [0.2, 0.25) is 0 Å². The third-order valence-electron chi connectivity index (χ3n) is 4.81. The zero-order valence-electron chi connectivity index (χ0n) is 15.9. The molecular weight excluding hydrogens is 338 g/mol. The van der Waals surface area contributed by atoms with E-state index in [0.29, 0.717) is 17.0 Å². The fraction of sp³-hybridized carbons (Fsp3) is 0.261. The smallest absolute Gasteiger partial charge is 0.339 e. The largest absolute Gasteiger partial charge is 0.454 e. The number of carbonyl (C=O) groups excluding carboxylic acids is 2. The molecule has 0 N–H and O–H groups in total. The monoisotopic (exact) mass is 361 g/mol. The Labute approximate surface area is 159 Å². The summed E-state index contributed by atoms with van der Waals surface area (Å²) in [5.41, 5.74) is 3.64. The van der Waals surface area contributed by atoms with Gasteiger partial charge in [-0.3, -0.25) is 9.78 Å². The van der Waals surface area contributed by atoms with Gasteiger partial charge in [0.25, 0.3) is 0 Å². The molecule has 0 amide bonds. The number of fused-ring (bicyclic) bond motifs is 1. The molecule has 0 fully saturated rings. The average Bonchev–Trinajstić information content (AvgIpc) is 2.70. The van der Waals surface area contributed by atoms with Gasteiger partial charge < -0.3 is 4.74 Å². The molecule has 0 aliphatic rings. The second-order valence-corrected chi connectivity index (χ2v) is 6.76. The summed E-state index contributed by atoms with van der Waals surface area (Å²) < 4.78 is 5.29. The molecule has 4 heteroatoms. The highest BCUT2D eigenvalue weighted by molar-refractivity contribution is 6.05. The predicted octanol–water partition coefficient (Wildman–Crippen LogP) is 5.10. The molecule has 1 aromatic heterocycles. The van der Waals surface area contributed by atoms with Gasteiger partial charge in [0, 0.05) is 16.6 Å². The first-order valence-electron chi connectivity index (χ1n) is 9.16. The second-order valence-electron chi connectivity index (χ2n) is 6.76. The highest BCUT2D eigenvalue weighted by atomic mass is 16.5. The number of benzene rings is 2. The Kier molecular flexibility index (Phi) is 5.65. The molecule has 0 aliphatic carbocycles. The number of para-hydroxylation sites is 1. The maximum atomic E-state index is 12.5. The summed E-state index contributed by atoms with van der Waals surface area (Å²) in [7, 11) is 0. The summed E-state index contributed by atoms with van der Waals surface area (Å²) in [6, 6.07) is 16.6. The van der Waals surface area contributed by atoms with Crippen LogP contribution in [-0.4, -0.2) is 23.3 Å². The zero-order valence-corrected chi connectivity index (χ0v) is 15.9. The maximum Gasteiger partial charge on any atom is 0.339 e. The lowest BCUT2D eigenvalue weighted by Crippen LogP contribution is -2.15. The number of ether oxygens (including phenoxy) is 1. The van der Waals surface area contributed by atoms with Gasteiger partial charge in [-0.25, -0.2) is 4.79 Å². The SMILES string of the molecule is CC[C@H](C)c1ccc(C(=O)COC(=O)c2cc(C)nc3ccccc23)cc1. The van der Waals surface area contributed by atoms with E-state index in [1.54, 1.807) is 18.2 Å². The third kappa shape index (κ3) is 4.22. The van der Waals surface area contributed by atoms with Crippen molar-refractivity contribution >= 4 is 22.7 Å². The van der Waals surface area contributed by atoms with Crippen LogP contribution in [0.3, 0.4) is 0 Å². The summed E-state index contributed by atoms with van der Waals surface area (Å²) >= 11 is 0. The van der Waals surface area contributed by atoms with Crippen molar-refractivity contribution in [3.05, 3.63) is 77.0 Å². The van der Waals surface area contributed by atoms with E-state index in [9.17, 15) is 9.59 Å². The Morgan fingerprint density at radius 2 is 1.78 bits per heavy atom. The summed E-state index contributed by atoms with van der Waals surface area (Å²) in [4.78, 5) is 29.3. The van der Waals surface area contributed by atoms with Crippen LogP contribution in [0.4, 0.5) is 0 Å². The molecule has 4 nitrogen and oxygen atoms in total. The van der Waals surface area contributed by atoms with Crippen LogP contribution in [0.5, 0.6) is 0 Å². The molecule has 27 heavy (non-hydrogen) atoms. The van der Waals surface area contributed by atoms with Crippen molar-refractivity contribution in [1.82, 2.24) is 4.98 Å². The van der Waals surface area contributed by atoms with E-state index < -0.39 is 5.97 Å². The van der Waals surface area contributed by atoms with Crippen molar-refractivity contribution in [2.24, 2.45) is 0 Å². The van der Waals surface area contributed by atoms with E-state index in [4.69, 9.17) is 4.74 Å². The molecule has 0 unspecified atom stereocenters. The summed E-state index contributed by atoms with van der Waals surface area (Å²) in [6.45, 7) is 5.83. The van der Waals surface area contributed by atoms with Crippen LogP contribution in [0.1, 0.15) is 58.2 Å². The van der Waals surface area contributed by atoms with Gasteiger partial charge >= 0.3 is 5.97 Å². The first-order chi connectivity index (χ1) is 13.0. The van der Waals surface area contributed by atoms with E-state index in [-0.39, 0.29) is 12.4 Å². The number of ketones is 1. The number of carbonyl (C=O) groups is 2. The van der Waals surface area contributed by atoms with Gasteiger partial charge in [-0.1, -0.05) is 56.3 Å². The normalized spacial score (nSPS) is 12.0. The standard InChI is InChI=1S/C23H23NO3/c1-4-15(2)17-9-11-18(12-10-17)22(25)14-27-23(26)20-13-16(3)24-21-8-6-5-7-19(20)21/h5-13,15H,4,14H2,1-3H3/t15-/m0/s1. The minimum Gasteiger partial charge on any atom is -0.454 e. The Bertz CT molecular complexity index is 977. The van der Waals surface area contributed by atoms with Gasteiger partial charge in [-0.05, 0) is 37.0 Å². The Morgan fingerprint density at radius 3 is 2.48 bits per heavy atom. The van der Waals surface area contributed by atoms with Gasteiger partial charge in [-0.2, -0.15) is 0 Å². The Hall–Kier alpha value is -3.01. The molecule has 2 aromatic carbocycles. The van der Waals surface area contributed by atoms with Gasteiger partial charge in [-0.15, -0.1) is 0 Å². The molecule has 0 bridgehead atoms. The molecule has 3 rings (SSSR count). The first-order valence-corrected chi connectivity index (χ1v) is 9.16. The molecule has 0 radical (unpaired) electrons. The van der Waals surface area contributed by atoms with E-state index in [0.717, 1.165) is 23.0 Å². The molecule has 0 saturated carbocycles. The van der Waals surface area contributed by atoms with Crippen LogP contribution in [0.25, 0.3) is 10.9 Å². The van der Waals surface area contributed by atoms with Crippen LogP contribution in [-0.2, 0) is 4.74 Å². The van der Waals surface area contributed by atoms with Gasteiger partial charge in [0.15, 0.2) is 12.4 Å². The molecule has 0 spiro atoms. The lowest BCUT2D eigenvalue weighted by molar-refractivity contribution is 0.0476. The van der Waals surface area contributed by atoms with Crippen molar-refractivity contribution in [2.45, 2.75) is 33.1 Å². The van der Waals surface area contributed by atoms with Crippen LogP contribution in [0, 0.1) is 6.92 Å². The van der Waals surface area contributed by atoms with Gasteiger partial charge in [0.05, 0.1) is 11.1 Å². The number of aromatic nitrogens is 1. The number of aryl methyl sites for hydroxylation is 1. The lowest BCUT2D eigenvalue weighted by Gasteiger charge is -2.10. The summed E-state index contributed by atoms with van der Waals surface area (Å²) in [5, 5.41) is 0.721. The molecule has 1 atom stereocenters. The van der Waals surface area contributed by atoms with Crippen LogP contribution in [0.15, 0.2) is 54.6 Å². The van der Waals surface area contributed by atoms with Crippen LogP contribution < -0.4 is 0 Å². The number of hydrogen-bond acceptors (Lipinski definition) is 4. The molecule has 0 saturated heterocycles. The van der Waals surface area contributed by atoms with E-state index in [1.807, 2.05) is 43.3 Å². The number of Topliss-reactive ketones (excluding diaryl/α,β-unsaturated/α-hetero) is 1. The molecule has 1 heterocycles. The number of pyridine rings is 1. The van der Waals surface area contributed by atoms with E-state index >= 15 is 0 Å². The van der Waals surface area contributed by atoms with Crippen molar-refractivity contribution < 1.29 is 14.3 Å². The molecule has 138 valence electrons. The molecule has 0 aliphatic heterocycles. The highest BCUT2D eigenvalue weighted by Crippen LogP contribution is 2.20. The highest BCUT2D eigenvalue weighted by Gasteiger charge is 2.16. The summed E-state index contributed by atoms with van der Waals surface area (Å²) in [6.07, 6.45) is 1.05. The van der Waals surface area contributed by atoms with Crippen molar-refractivity contribution in [3.63, 3.8) is 0 Å². The predicted molar refractivity (Wildman–Crippen MR) is 106 cm³/mol. The first kappa shape index (κ1) is 18.8. The fourth-order valence-corrected chi connectivity index (χ4v) is 3.00. The lowest BCUT2D eigenvalue weighted by atomic mass is 9.97. The van der Waals surface area contributed by atoms with Crippen molar-refractivity contribution in [3.8, 4) is 0 Å². The van der Waals surface area contributed by atoms with Crippen molar-refractivity contribution in [1.29, 1.82) is 0 Å². The summed E-state index contributed by atoms with van der Waals surface area (Å²) in [5.74, 6) is -0.273. The second kappa shape index (κ2) is 8.12. The topological polar surface area (TPSA) is 56.3 Å². The van der Waals surface area contributed by atoms with Crippen molar-refractivity contribution in [2.75, 3.05) is 6.61 Å². The van der Waals surface area contributed by atoms with E-state index in [2.05, 4.69) is 18.8 Å². The minimum absolute atomic E-state index is 0.214.